The SMILES string of the molecule is CCC1(C)CN(c2cc(Br)cc(C(F)(F)F)c2)C(C)CN1. The average molecular weight is 365 g/mol. The van der Waals surface area contributed by atoms with Crippen LogP contribution in [0, 0.1) is 0 Å². The second-order valence-electron chi connectivity index (χ2n) is 5.97. The summed E-state index contributed by atoms with van der Waals surface area (Å²) < 4.78 is 39.4. The molecule has 0 bridgehead atoms. The summed E-state index contributed by atoms with van der Waals surface area (Å²) in [5, 5.41) is 3.48. The third kappa shape index (κ3) is 3.72. The second kappa shape index (κ2) is 5.80. The van der Waals surface area contributed by atoms with Crippen molar-refractivity contribution in [2.45, 2.75) is 44.9 Å². The summed E-state index contributed by atoms with van der Waals surface area (Å²) in [5.41, 5.74) is -0.0751. The molecule has 0 amide bonds. The molecule has 6 heteroatoms. The zero-order valence-corrected chi connectivity index (χ0v) is 14.0. The molecule has 0 radical (unpaired) electrons. The van der Waals surface area contributed by atoms with E-state index in [1.54, 1.807) is 6.07 Å². The molecule has 1 saturated heterocycles. The Morgan fingerprint density at radius 3 is 2.62 bits per heavy atom. The summed E-state index contributed by atoms with van der Waals surface area (Å²) in [7, 11) is 0. The molecule has 2 atom stereocenters. The normalized spacial score (nSPS) is 27.0. The maximum Gasteiger partial charge on any atom is 0.416 e. The smallest absolute Gasteiger partial charge is 0.366 e. The molecule has 1 aliphatic rings. The molecule has 1 N–H and O–H groups in total. The third-order valence-electron chi connectivity index (χ3n) is 4.20. The van der Waals surface area contributed by atoms with Gasteiger partial charge in [-0.3, -0.25) is 0 Å². The van der Waals surface area contributed by atoms with Crippen molar-refractivity contribution in [2.24, 2.45) is 0 Å². The van der Waals surface area contributed by atoms with Gasteiger partial charge in [0.05, 0.1) is 5.56 Å². The van der Waals surface area contributed by atoms with Crippen LogP contribution >= 0.6 is 15.9 Å². The van der Waals surface area contributed by atoms with E-state index in [1.165, 1.54) is 6.07 Å². The third-order valence-corrected chi connectivity index (χ3v) is 4.66. The highest BCUT2D eigenvalue weighted by atomic mass is 79.9. The van der Waals surface area contributed by atoms with E-state index in [9.17, 15) is 13.2 Å². The molecule has 0 saturated carbocycles. The summed E-state index contributed by atoms with van der Waals surface area (Å²) in [5.74, 6) is 0. The molecule has 1 fully saturated rings. The van der Waals surface area contributed by atoms with Gasteiger partial charge >= 0.3 is 6.18 Å². The lowest BCUT2D eigenvalue weighted by Gasteiger charge is -2.46. The van der Waals surface area contributed by atoms with Crippen LogP contribution in [0.5, 0.6) is 0 Å². The molecule has 118 valence electrons. The predicted molar refractivity (Wildman–Crippen MR) is 82.7 cm³/mol. The van der Waals surface area contributed by atoms with E-state index in [4.69, 9.17) is 0 Å². The number of benzene rings is 1. The largest absolute Gasteiger partial charge is 0.416 e. The van der Waals surface area contributed by atoms with Gasteiger partial charge in [-0.1, -0.05) is 22.9 Å². The molecular formula is C15H20BrF3N2. The fourth-order valence-corrected chi connectivity index (χ4v) is 3.06. The number of hydrogen-bond acceptors (Lipinski definition) is 2. The zero-order chi connectivity index (χ0) is 15.8. The van der Waals surface area contributed by atoms with Crippen molar-refractivity contribution in [3.8, 4) is 0 Å². The fourth-order valence-electron chi connectivity index (χ4n) is 2.58. The minimum Gasteiger partial charge on any atom is -0.366 e. The average Bonchev–Trinajstić information content (AvgIpc) is 2.40. The standard InChI is InChI=1S/C15H20BrF3N2/c1-4-14(3)9-21(10(2)8-20-14)13-6-11(15(17,18)19)5-12(16)7-13/h5-7,10,20H,4,8-9H2,1-3H3. The molecule has 2 rings (SSSR count). The number of piperazine rings is 1. The lowest BCUT2D eigenvalue weighted by atomic mass is 9.93. The Morgan fingerprint density at radius 1 is 1.38 bits per heavy atom. The molecule has 0 aliphatic carbocycles. The Bertz CT molecular complexity index is 518. The van der Waals surface area contributed by atoms with E-state index in [0.29, 0.717) is 16.7 Å². The molecule has 0 spiro atoms. The van der Waals surface area contributed by atoms with E-state index in [1.807, 2.05) is 6.92 Å². The zero-order valence-electron chi connectivity index (χ0n) is 12.4. The first-order chi connectivity index (χ1) is 9.64. The number of rotatable bonds is 2. The predicted octanol–water partition coefficient (Wildman–Crippen LogP) is 4.43. The van der Waals surface area contributed by atoms with Gasteiger partial charge in [-0.05, 0) is 38.5 Å². The quantitative estimate of drug-likeness (QED) is 0.834. The highest BCUT2D eigenvalue weighted by molar-refractivity contribution is 9.10. The molecule has 0 aromatic heterocycles. The van der Waals surface area contributed by atoms with E-state index < -0.39 is 11.7 Å². The Balaban J connectivity index is 2.38. The van der Waals surface area contributed by atoms with E-state index >= 15 is 0 Å². The van der Waals surface area contributed by atoms with Crippen molar-refractivity contribution >= 4 is 21.6 Å². The molecule has 1 heterocycles. The molecule has 21 heavy (non-hydrogen) atoms. The Kier molecular flexibility index (Phi) is 4.59. The van der Waals surface area contributed by atoms with Crippen molar-refractivity contribution in [2.75, 3.05) is 18.0 Å². The first-order valence-electron chi connectivity index (χ1n) is 7.04. The first kappa shape index (κ1) is 16.6. The summed E-state index contributed by atoms with van der Waals surface area (Å²) in [6, 6.07) is 4.27. The lowest BCUT2D eigenvalue weighted by molar-refractivity contribution is -0.137. The Labute approximate surface area is 131 Å². The van der Waals surface area contributed by atoms with Crippen molar-refractivity contribution in [3.05, 3.63) is 28.2 Å². The highest BCUT2D eigenvalue weighted by Crippen LogP contribution is 2.36. The molecule has 1 aliphatic heterocycles. The fraction of sp³-hybridized carbons (Fsp3) is 0.600. The number of nitrogens with one attached hydrogen (secondary N) is 1. The van der Waals surface area contributed by atoms with E-state index in [2.05, 4.69) is 40.0 Å². The van der Waals surface area contributed by atoms with Crippen LogP contribution < -0.4 is 10.2 Å². The molecule has 1 aromatic rings. The van der Waals surface area contributed by atoms with Gasteiger partial charge in [0.2, 0.25) is 0 Å². The minimum atomic E-state index is -4.33. The van der Waals surface area contributed by atoms with Crippen LogP contribution in [0.15, 0.2) is 22.7 Å². The van der Waals surface area contributed by atoms with Crippen molar-refractivity contribution < 1.29 is 13.2 Å². The van der Waals surface area contributed by atoms with Gasteiger partial charge < -0.3 is 10.2 Å². The van der Waals surface area contributed by atoms with Gasteiger partial charge in [0.15, 0.2) is 0 Å². The molecule has 1 aromatic carbocycles. The lowest BCUT2D eigenvalue weighted by Crippen LogP contribution is -2.62. The first-order valence-corrected chi connectivity index (χ1v) is 7.83. The monoisotopic (exact) mass is 364 g/mol. The molecule has 2 nitrogen and oxygen atoms in total. The minimum absolute atomic E-state index is 0.0762. The number of hydrogen-bond donors (Lipinski definition) is 1. The number of halogens is 4. The number of anilines is 1. The van der Waals surface area contributed by atoms with Crippen LogP contribution in [0.2, 0.25) is 0 Å². The maximum absolute atomic E-state index is 13.0. The number of nitrogens with zero attached hydrogens (tertiary/aromatic N) is 1. The molecule has 2 unspecified atom stereocenters. The Morgan fingerprint density at radius 2 is 2.05 bits per heavy atom. The summed E-state index contributed by atoms with van der Waals surface area (Å²) in [4.78, 5) is 2.06. The van der Waals surface area contributed by atoms with Crippen LogP contribution in [0.3, 0.4) is 0 Å². The topological polar surface area (TPSA) is 15.3 Å². The highest BCUT2D eigenvalue weighted by Gasteiger charge is 2.35. The van der Waals surface area contributed by atoms with Crippen LogP contribution in [-0.4, -0.2) is 24.7 Å². The van der Waals surface area contributed by atoms with Gasteiger partial charge in [-0.15, -0.1) is 0 Å². The van der Waals surface area contributed by atoms with Crippen molar-refractivity contribution in [1.29, 1.82) is 0 Å². The number of alkyl halides is 3. The summed E-state index contributed by atoms with van der Waals surface area (Å²) in [6.07, 6.45) is -3.40. The van der Waals surface area contributed by atoms with E-state index in [0.717, 1.165) is 19.0 Å². The Hall–Kier alpha value is -0.750. The van der Waals surface area contributed by atoms with Gasteiger partial charge in [0, 0.05) is 34.8 Å². The van der Waals surface area contributed by atoms with Crippen LogP contribution in [0.25, 0.3) is 0 Å². The maximum atomic E-state index is 13.0. The van der Waals surface area contributed by atoms with Crippen LogP contribution in [0.1, 0.15) is 32.8 Å². The molecular weight excluding hydrogens is 345 g/mol. The van der Waals surface area contributed by atoms with E-state index in [-0.39, 0.29) is 11.6 Å². The van der Waals surface area contributed by atoms with Crippen molar-refractivity contribution in [3.63, 3.8) is 0 Å². The summed E-state index contributed by atoms with van der Waals surface area (Å²) in [6.45, 7) is 7.67. The van der Waals surface area contributed by atoms with Crippen LogP contribution in [0.4, 0.5) is 18.9 Å². The van der Waals surface area contributed by atoms with Gasteiger partial charge in [0.1, 0.15) is 0 Å². The summed E-state index contributed by atoms with van der Waals surface area (Å²) >= 11 is 3.20. The van der Waals surface area contributed by atoms with Crippen LogP contribution in [-0.2, 0) is 6.18 Å². The van der Waals surface area contributed by atoms with Crippen molar-refractivity contribution in [1.82, 2.24) is 5.32 Å². The van der Waals surface area contributed by atoms with Gasteiger partial charge in [0.25, 0.3) is 0 Å². The van der Waals surface area contributed by atoms with Gasteiger partial charge in [-0.2, -0.15) is 13.2 Å². The second-order valence-corrected chi connectivity index (χ2v) is 6.88. The van der Waals surface area contributed by atoms with Gasteiger partial charge in [-0.25, -0.2) is 0 Å².